The van der Waals surface area contributed by atoms with E-state index in [1.54, 1.807) is 0 Å². The third kappa shape index (κ3) is 0.465. The summed E-state index contributed by atoms with van der Waals surface area (Å²) in [6, 6.07) is 0. The Hall–Kier alpha value is -1.32. The van der Waals surface area contributed by atoms with E-state index in [2.05, 4.69) is 10.5 Å². The number of carbonyl (C=O) groups is 2. The van der Waals surface area contributed by atoms with Crippen LogP contribution in [0, 0.1) is 0 Å². The van der Waals surface area contributed by atoms with Gasteiger partial charge in [-0.25, -0.2) is 4.79 Å². The summed E-state index contributed by atoms with van der Waals surface area (Å²) in [4.78, 5) is 20.1. The molecule has 1 amide bonds. The molecule has 0 aromatic heterocycles. The number of amides is 1. The van der Waals surface area contributed by atoms with Gasteiger partial charge in [0.2, 0.25) is 0 Å². The van der Waals surface area contributed by atoms with Crippen LogP contribution in [0.3, 0.4) is 0 Å². The molecule has 42 valence electrons. The fourth-order valence-corrected chi connectivity index (χ4v) is 0.325. The van der Waals surface area contributed by atoms with Gasteiger partial charge in [0.15, 0.2) is 5.57 Å². The summed E-state index contributed by atoms with van der Waals surface area (Å²) in [6.07, 6.45) is 1.03. The lowest BCUT2D eigenvalue weighted by atomic mass is 10.2. The van der Waals surface area contributed by atoms with Crippen LogP contribution in [0.2, 0.25) is 0 Å². The molecule has 0 fully saturated rings. The Morgan fingerprint density at radius 1 is 1.75 bits per heavy atom. The van der Waals surface area contributed by atoms with Crippen molar-refractivity contribution in [2.24, 2.45) is 5.73 Å². The number of rotatable bonds is 1. The maximum atomic E-state index is 10.1. The molecule has 0 aromatic carbocycles. The summed E-state index contributed by atoms with van der Waals surface area (Å²) in [6.45, 7) is 0. The lowest BCUT2D eigenvalue weighted by Crippen LogP contribution is -2.27. The summed E-state index contributed by atoms with van der Waals surface area (Å²) in [5.41, 5.74) is 4.62. The highest BCUT2D eigenvalue weighted by atomic mass is 16.5. The monoisotopic (exact) mass is 113 g/mol. The number of nitrogens with two attached hydrogens (primary N) is 1. The highest BCUT2D eigenvalue weighted by molar-refractivity contribution is 6.18. The molecule has 1 rings (SSSR count). The number of ether oxygens (including phenoxy) is 1. The third-order valence-electron chi connectivity index (χ3n) is 0.769. The minimum absolute atomic E-state index is 0.0648. The predicted octanol–water partition coefficient (Wildman–Crippen LogP) is -1.09. The molecule has 1 aliphatic heterocycles. The number of primary amides is 1. The van der Waals surface area contributed by atoms with Crippen LogP contribution in [0.15, 0.2) is 11.8 Å². The molecular formula is C4H3NO3. The Kier molecular flexibility index (Phi) is 0.802. The van der Waals surface area contributed by atoms with Gasteiger partial charge in [0.25, 0.3) is 5.91 Å². The molecule has 0 aromatic rings. The molecule has 1 heterocycles. The normalized spacial score (nSPS) is 16.0. The van der Waals surface area contributed by atoms with Gasteiger partial charge in [-0.15, -0.1) is 0 Å². The number of hydrogen-bond donors (Lipinski definition) is 1. The van der Waals surface area contributed by atoms with Gasteiger partial charge in [0.05, 0.1) is 0 Å². The second-order valence-corrected chi connectivity index (χ2v) is 1.30. The van der Waals surface area contributed by atoms with E-state index in [4.69, 9.17) is 0 Å². The summed E-state index contributed by atoms with van der Waals surface area (Å²) in [7, 11) is 0. The maximum absolute atomic E-state index is 10.1. The molecule has 0 radical (unpaired) electrons. The van der Waals surface area contributed by atoms with Crippen molar-refractivity contribution in [3.8, 4) is 0 Å². The van der Waals surface area contributed by atoms with Gasteiger partial charge in [0.1, 0.15) is 6.26 Å². The maximum Gasteiger partial charge on any atom is 0.351 e. The van der Waals surface area contributed by atoms with Crippen molar-refractivity contribution in [1.82, 2.24) is 0 Å². The standard InChI is InChI=1S/C4H3NO3/c5-3(6)2-1-8-4(2)7/h1H,(H2,5,6). The van der Waals surface area contributed by atoms with Crippen LogP contribution in [-0.4, -0.2) is 11.9 Å². The van der Waals surface area contributed by atoms with E-state index in [1.165, 1.54) is 0 Å². The lowest BCUT2D eigenvalue weighted by Gasteiger charge is -2.07. The average molecular weight is 113 g/mol. The Morgan fingerprint density at radius 3 is 2.38 bits per heavy atom. The van der Waals surface area contributed by atoms with E-state index in [1.807, 2.05) is 0 Å². The number of hydrogen-bond acceptors (Lipinski definition) is 3. The predicted molar refractivity (Wildman–Crippen MR) is 23.4 cm³/mol. The molecule has 0 saturated carbocycles. The average Bonchev–Trinajstić information content (AvgIpc) is 1.61. The summed E-state index contributed by atoms with van der Waals surface area (Å²) < 4.78 is 4.10. The summed E-state index contributed by atoms with van der Waals surface area (Å²) >= 11 is 0. The van der Waals surface area contributed by atoms with Crippen molar-refractivity contribution in [3.63, 3.8) is 0 Å². The fourth-order valence-electron chi connectivity index (χ4n) is 0.325. The lowest BCUT2D eigenvalue weighted by molar-refractivity contribution is -0.140. The Labute approximate surface area is 44.9 Å². The molecule has 8 heavy (non-hydrogen) atoms. The van der Waals surface area contributed by atoms with Crippen LogP contribution in [0.1, 0.15) is 0 Å². The second-order valence-electron chi connectivity index (χ2n) is 1.30. The topological polar surface area (TPSA) is 69.4 Å². The van der Waals surface area contributed by atoms with Gasteiger partial charge < -0.3 is 10.5 Å². The van der Waals surface area contributed by atoms with Gasteiger partial charge >= 0.3 is 5.97 Å². The van der Waals surface area contributed by atoms with E-state index < -0.39 is 11.9 Å². The number of cyclic esters (lactones) is 1. The molecule has 4 nitrogen and oxygen atoms in total. The molecule has 1 aliphatic rings. The third-order valence-corrected chi connectivity index (χ3v) is 0.769. The van der Waals surface area contributed by atoms with E-state index in [0.717, 1.165) is 6.26 Å². The van der Waals surface area contributed by atoms with Gasteiger partial charge in [-0.2, -0.15) is 0 Å². The van der Waals surface area contributed by atoms with Crippen LogP contribution in [-0.2, 0) is 14.3 Å². The van der Waals surface area contributed by atoms with Crippen molar-refractivity contribution >= 4 is 11.9 Å². The molecular weight excluding hydrogens is 110 g/mol. The first-order chi connectivity index (χ1) is 3.72. The van der Waals surface area contributed by atoms with Crippen LogP contribution in [0.5, 0.6) is 0 Å². The van der Waals surface area contributed by atoms with Gasteiger partial charge in [-0.05, 0) is 0 Å². The van der Waals surface area contributed by atoms with Gasteiger partial charge in [-0.3, -0.25) is 4.79 Å². The molecule has 0 spiro atoms. The SMILES string of the molecule is NC(=O)C1=COC1=O. The molecule has 0 saturated heterocycles. The molecule has 0 unspecified atom stereocenters. The summed E-state index contributed by atoms with van der Waals surface area (Å²) in [5.74, 6) is -1.38. The van der Waals surface area contributed by atoms with Crippen molar-refractivity contribution in [1.29, 1.82) is 0 Å². The Bertz CT molecular complexity index is 182. The van der Waals surface area contributed by atoms with E-state index in [-0.39, 0.29) is 5.57 Å². The minimum Gasteiger partial charge on any atom is -0.430 e. The minimum atomic E-state index is -0.735. The number of esters is 1. The smallest absolute Gasteiger partial charge is 0.351 e. The second kappa shape index (κ2) is 1.33. The van der Waals surface area contributed by atoms with Crippen molar-refractivity contribution < 1.29 is 14.3 Å². The zero-order chi connectivity index (χ0) is 6.15. The van der Waals surface area contributed by atoms with Crippen molar-refractivity contribution in [2.45, 2.75) is 0 Å². The molecule has 4 heteroatoms. The van der Waals surface area contributed by atoms with Crippen LogP contribution >= 0.6 is 0 Å². The van der Waals surface area contributed by atoms with Gasteiger partial charge in [0, 0.05) is 0 Å². The number of carbonyl (C=O) groups excluding carboxylic acids is 2. The Balaban J connectivity index is 2.76. The molecule has 0 aliphatic carbocycles. The van der Waals surface area contributed by atoms with Crippen molar-refractivity contribution in [2.75, 3.05) is 0 Å². The molecule has 2 N–H and O–H groups in total. The van der Waals surface area contributed by atoms with E-state index >= 15 is 0 Å². The van der Waals surface area contributed by atoms with Crippen molar-refractivity contribution in [3.05, 3.63) is 11.8 Å². The van der Waals surface area contributed by atoms with E-state index in [0.29, 0.717) is 0 Å². The van der Waals surface area contributed by atoms with E-state index in [9.17, 15) is 9.59 Å². The zero-order valence-corrected chi connectivity index (χ0v) is 3.88. The highest BCUT2D eigenvalue weighted by Crippen LogP contribution is 2.07. The zero-order valence-electron chi connectivity index (χ0n) is 3.88. The van der Waals surface area contributed by atoms with Crippen LogP contribution in [0.25, 0.3) is 0 Å². The van der Waals surface area contributed by atoms with Crippen LogP contribution in [0.4, 0.5) is 0 Å². The largest absolute Gasteiger partial charge is 0.430 e. The quantitative estimate of drug-likeness (QED) is 0.347. The first-order valence-electron chi connectivity index (χ1n) is 1.93. The molecule has 0 bridgehead atoms. The first kappa shape index (κ1) is 4.83. The highest BCUT2D eigenvalue weighted by Gasteiger charge is 2.24. The summed E-state index contributed by atoms with van der Waals surface area (Å²) in [5, 5.41) is 0. The Morgan fingerprint density at radius 2 is 2.38 bits per heavy atom. The van der Waals surface area contributed by atoms with Crippen LogP contribution < -0.4 is 5.73 Å². The molecule has 0 atom stereocenters. The fraction of sp³-hybridized carbons (Fsp3) is 0. The first-order valence-corrected chi connectivity index (χ1v) is 1.93. The van der Waals surface area contributed by atoms with Gasteiger partial charge in [-0.1, -0.05) is 0 Å².